The van der Waals surface area contributed by atoms with E-state index in [0.29, 0.717) is 26.3 Å². The average Bonchev–Trinajstić information content (AvgIpc) is 3.86. The van der Waals surface area contributed by atoms with Crippen LogP contribution in [0, 0.1) is 0 Å². The van der Waals surface area contributed by atoms with Crippen molar-refractivity contribution in [3.8, 4) is 22.5 Å². The molecule has 0 amide bonds. The third kappa shape index (κ3) is 5.88. The minimum absolute atomic E-state index is 0.695. The SMILES string of the molecule is Cn1c[n+](C)c2ncn3c(NCCC[Se][Se]CCCCc4c(-c5ccccc5)[n+](C)c5c6c(ncn6C)ncn45)c(-c4ccccc4)nc3c21. The Morgan fingerprint density at radius 3 is 2.22 bits per heavy atom. The number of nitrogens with one attached hydrogen (secondary N) is 1. The normalized spacial score (nSPS) is 11.9. The first kappa shape index (κ1) is 32.7. The standard InChI is InChI=1S/C37H41N11Se2/c1-43-22-39-33-31(43)37-46(4)30(27-16-9-6-10-17-27)28(47(37)23-40-33)18-11-12-20-49-50-21-13-19-38-34-29(26-14-7-5-8-15-26)42-36-32-35(41-24-48(34)36)45(3)25-44(32)2/h5-10,14-17,22-25,38H,11-13,18-21H2,1-4H3/q+2. The third-order valence-electron chi connectivity index (χ3n) is 9.30. The fraction of sp³-hybridized carbons (Fsp3) is 0.297. The number of hydrogen-bond donors (Lipinski definition) is 1. The number of fused-ring (bicyclic) bond motifs is 6. The van der Waals surface area contributed by atoms with Gasteiger partial charge in [0.05, 0.1) is 0 Å². The molecular weight excluding hydrogens is 756 g/mol. The number of anilines is 1. The Labute approximate surface area is 301 Å². The third-order valence-corrected chi connectivity index (χ3v) is 17.0. The quantitative estimate of drug-likeness (QED) is 0.104. The fourth-order valence-corrected chi connectivity index (χ4v) is 13.8. The van der Waals surface area contributed by atoms with Crippen molar-refractivity contribution in [3.05, 3.63) is 91.7 Å². The van der Waals surface area contributed by atoms with Gasteiger partial charge in [0.15, 0.2) is 0 Å². The van der Waals surface area contributed by atoms with Gasteiger partial charge in [0, 0.05) is 0 Å². The van der Waals surface area contributed by atoms with Crippen LogP contribution in [0.4, 0.5) is 5.82 Å². The molecule has 0 saturated carbocycles. The molecule has 0 bridgehead atoms. The van der Waals surface area contributed by atoms with Gasteiger partial charge in [-0.05, 0) is 0 Å². The van der Waals surface area contributed by atoms with Gasteiger partial charge in [-0.1, -0.05) is 0 Å². The number of nitrogens with zero attached hydrogens (tertiary/aromatic N) is 10. The summed E-state index contributed by atoms with van der Waals surface area (Å²) in [5.74, 6) is 1.02. The summed E-state index contributed by atoms with van der Waals surface area (Å²) in [6.07, 6.45) is 12.4. The molecule has 2 aromatic carbocycles. The molecule has 0 radical (unpaired) electrons. The van der Waals surface area contributed by atoms with E-state index in [4.69, 9.17) is 15.0 Å². The monoisotopic (exact) mass is 799 g/mol. The molecule has 0 fully saturated rings. The number of imidazole rings is 4. The van der Waals surface area contributed by atoms with Gasteiger partial charge >= 0.3 is 303 Å². The summed E-state index contributed by atoms with van der Waals surface area (Å²) in [7, 11) is 8.30. The molecule has 50 heavy (non-hydrogen) atoms. The molecular formula is C37H41N11Se2+2. The van der Waals surface area contributed by atoms with Gasteiger partial charge in [-0.2, -0.15) is 0 Å². The molecule has 8 rings (SSSR count). The summed E-state index contributed by atoms with van der Waals surface area (Å²) in [4.78, 5) is 19.1. The maximum absolute atomic E-state index is 5.14. The Morgan fingerprint density at radius 2 is 1.44 bits per heavy atom. The van der Waals surface area contributed by atoms with Crippen molar-refractivity contribution in [3.63, 3.8) is 0 Å². The van der Waals surface area contributed by atoms with Crippen LogP contribution in [0.25, 0.3) is 56.1 Å². The molecule has 6 heterocycles. The molecule has 0 saturated heterocycles. The van der Waals surface area contributed by atoms with Crippen LogP contribution < -0.4 is 14.5 Å². The van der Waals surface area contributed by atoms with Gasteiger partial charge in [0.1, 0.15) is 0 Å². The van der Waals surface area contributed by atoms with E-state index in [9.17, 15) is 0 Å². The van der Waals surface area contributed by atoms with Crippen LogP contribution in [0.3, 0.4) is 0 Å². The molecule has 254 valence electrons. The van der Waals surface area contributed by atoms with E-state index < -0.39 is 0 Å². The van der Waals surface area contributed by atoms with Gasteiger partial charge in [0.25, 0.3) is 0 Å². The van der Waals surface area contributed by atoms with Crippen molar-refractivity contribution >= 4 is 65.7 Å². The summed E-state index contributed by atoms with van der Waals surface area (Å²) in [5.41, 5.74) is 11.8. The topological polar surface area (TPSA) is 90.0 Å². The van der Waals surface area contributed by atoms with Gasteiger partial charge in [-0.3, -0.25) is 0 Å². The first-order chi connectivity index (χ1) is 24.5. The van der Waals surface area contributed by atoms with E-state index in [1.54, 1.807) is 0 Å². The van der Waals surface area contributed by atoms with Crippen LogP contribution >= 0.6 is 0 Å². The van der Waals surface area contributed by atoms with E-state index >= 15 is 0 Å². The van der Waals surface area contributed by atoms with Crippen LogP contribution in [-0.2, 0) is 34.6 Å². The second-order valence-corrected chi connectivity index (χ2v) is 20.5. The second-order valence-electron chi connectivity index (χ2n) is 12.7. The summed E-state index contributed by atoms with van der Waals surface area (Å²) in [6.45, 7) is 0.920. The molecule has 0 aliphatic rings. The summed E-state index contributed by atoms with van der Waals surface area (Å²) in [5, 5.41) is 6.37. The molecule has 0 aliphatic carbocycles. The molecule has 8 aromatic rings. The van der Waals surface area contributed by atoms with Crippen molar-refractivity contribution in [1.82, 2.24) is 37.9 Å². The first-order valence-corrected chi connectivity index (χ1v) is 23.8. The molecule has 0 unspecified atom stereocenters. The van der Waals surface area contributed by atoms with Crippen LogP contribution in [0.5, 0.6) is 0 Å². The van der Waals surface area contributed by atoms with Gasteiger partial charge in [-0.25, -0.2) is 0 Å². The average molecular weight is 798 g/mol. The van der Waals surface area contributed by atoms with Crippen molar-refractivity contribution < 1.29 is 9.13 Å². The van der Waals surface area contributed by atoms with Crippen molar-refractivity contribution in [1.29, 1.82) is 0 Å². The van der Waals surface area contributed by atoms with E-state index in [1.807, 2.05) is 44.0 Å². The van der Waals surface area contributed by atoms with Crippen molar-refractivity contribution in [2.45, 2.75) is 36.3 Å². The van der Waals surface area contributed by atoms with Gasteiger partial charge in [-0.15, -0.1) is 0 Å². The van der Waals surface area contributed by atoms with Gasteiger partial charge < -0.3 is 0 Å². The van der Waals surface area contributed by atoms with E-state index in [1.165, 1.54) is 40.4 Å². The zero-order valence-corrected chi connectivity index (χ0v) is 32.2. The van der Waals surface area contributed by atoms with Gasteiger partial charge in [0.2, 0.25) is 0 Å². The molecule has 1 N–H and O–H groups in total. The van der Waals surface area contributed by atoms with Crippen molar-refractivity contribution in [2.24, 2.45) is 28.2 Å². The summed E-state index contributed by atoms with van der Waals surface area (Å²) in [6, 6.07) is 21.2. The van der Waals surface area contributed by atoms with Crippen LogP contribution in [0.2, 0.25) is 10.6 Å². The molecule has 11 nitrogen and oxygen atoms in total. The second kappa shape index (κ2) is 14.0. The Kier molecular flexibility index (Phi) is 9.14. The van der Waals surface area contributed by atoms with Crippen LogP contribution in [0.15, 0.2) is 86.0 Å². The number of aryl methyl sites for hydroxylation is 5. The summed E-state index contributed by atoms with van der Waals surface area (Å²) >= 11 is 1.40. The Hall–Kier alpha value is -4.54. The maximum atomic E-state index is 5.14. The molecule has 6 aromatic heterocycles. The van der Waals surface area contributed by atoms with Crippen LogP contribution in [0.1, 0.15) is 25.0 Å². The van der Waals surface area contributed by atoms with Crippen LogP contribution in [-0.4, -0.2) is 70.7 Å². The molecule has 0 aliphatic heterocycles. The number of hydrogen-bond acceptors (Lipinski definition) is 5. The molecule has 0 spiro atoms. The first-order valence-electron chi connectivity index (χ1n) is 17.0. The number of rotatable bonds is 13. The zero-order chi connectivity index (χ0) is 34.2. The van der Waals surface area contributed by atoms with Crippen molar-refractivity contribution in [2.75, 3.05) is 11.9 Å². The predicted molar refractivity (Wildman–Crippen MR) is 199 cm³/mol. The van der Waals surface area contributed by atoms with E-state index in [2.05, 4.69) is 108 Å². The number of unbranched alkanes of at least 4 members (excludes halogenated alkanes) is 1. The Balaban J connectivity index is 0.880. The number of aromatic nitrogens is 10. The predicted octanol–water partition coefficient (Wildman–Crippen LogP) is 4.72. The summed E-state index contributed by atoms with van der Waals surface area (Å²) < 4.78 is 13.0. The number of benzene rings is 2. The zero-order valence-electron chi connectivity index (χ0n) is 28.8. The minimum atomic E-state index is 0.695. The Bertz CT molecular complexity index is 2440. The van der Waals surface area contributed by atoms with E-state index in [-0.39, 0.29) is 0 Å². The van der Waals surface area contributed by atoms with E-state index in [0.717, 1.165) is 70.1 Å². The Morgan fingerprint density at radius 1 is 0.740 bits per heavy atom. The molecule has 13 heteroatoms. The molecule has 0 atom stereocenters. The fourth-order valence-electron chi connectivity index (χ4n) is 6.98.